The number of hydrogen-bond acceptors (Lipinski definition) is 4. The summed E-state index contributed by atoms with van der Waals surface area (Å²) in [6.07, 6.45) is 3.89. The van der Waals surface area contributed by atoms with Crippen molar-refractivity contribution in [2.75, 3.05) is 6.54 Å². The van der Waals surface area contributed by atoms with E-state index in [2.05, 4.69) is 15.6 Å². The van der Waals surface area contributed by atoms with Crippen LogP contribution in [0, 0.1) is 0 Å². The Morgan fingerprint density at radius 3 is 2.82 bits per heavy atom. The van der Waals surface area contributed by atoms with E-state index in [0.717, 1.165) is 0 Å². The molecule has 2 amide bonds. The van der Waals surface area contributed by atoms with Crippen molar-refractivity contribution in [1.29, 1.82) is 0 Å². The lowest BCUT2D eigenvalue weighted by atomic mass is 10.2. The molecule has 0 unspecified atom stereocenters. The number of hydrogen-bond donors (Lipinski definition) is 4. The number of H-pyrrole nitrogens is 1. The van der Waals surface area contributed by atoms with E-state index in [9.17, 15) is 14.7 Å². The quantitative estimate of drug-likeness (QED) is 0.594. The first-order valence-electron chi connectivity index (χ1n) is 6.72. The first-order chi connectivity index (χ1) is 10.6. The van der Waals surface area contributed by atoms with E-state index >= 15 is 0 Å². The molecule has 4 N–H and O–H groups in total. The summed E-state index contributed by atoms with van der Waals surface area (Å²) in [6, 6.07) is 6.60. The van der Waals surface area contributed by atoms with Gasteiger partial charge in [0.2, 0.25) is 0 Å². The number of aliphatic hydroxyl groups excluding tert-OH is 1. The van der Waals surface area contributed by atoms with Crippen LogP contribution in [0.2, 0.25) is 0 Å². The molecule has 2 aromatic heterocycles. The van der Waals surface area contributed by atoms with Gasteiger partial charge in [-0.25, -0.2) is 0 Å². The highest BCUT2D eigenvalue weighted by molar-refractivity contribution is 6.04. The number of aliphatic hydroxyl groups is 1. The molecule has 0 saturated carbocycles. The van der Waals surface area contributed by atoms with Crippen LogP contribution in [0.5, 0.6) is 0 Å². The van der Waals surface area contributed by atoms with Gasteiger partial charge in [-0.15, -0.1) is 0 Å². The average molecular weight is 303 g/mol. The van der Waals surface area contributed by atoms with E-state index < -0.39 is 17.9 Å². The first kappa shape index (κ1) is 15.6. The van der Waals surface area contributed by atoms with Crippen molar-refractivity contribution in [2.45, 2.75) is 13.0 Å². The number of carbonyl (C=O) groups excluding carboxylic acids is 2. The summed E-state index contributed by atoms with van der Waals surface area (Å²) >= 11 is 0. The maximum atomic E-state index is 12.1. The molecule has 0 aliphatic heterocycles. The number of amides is 2. The molecular formula is C15H17N3O4. The van der Waals surface area contributed by atoms with E-state index in [1.807, 2.05) is 0 Å². The molecule has 0 spiro atoms. The normalized spacial score (nSPS) is 12.7. The summed E-state index contributed by atoms with van der Waals surface area (Å²) in [5.74, 6) is -0.939. The molecular weight excluding hydrogens is 286 g/mol. The number of aromatic amines is 1. The molecule has 0 aliphatic carbocycles. The molecule has 0 aliphatic rings. The SMILES string of the molecule is C[C@@H](O)CNC(=O)/C(=C/c1ccc[nH]1)NC(=O)c1ccco1. The van der Waals surface area contributed by atoms with Crippen LogP contribution in [-0.2, 0) is 4.79 Å². The van der Waals surface area contributed by atoms with E-state index in [0.29, 0.717) is 5.69 Å². The van der Waals surface area contributed by atoms with Gasteiger partial charge in [0.1, 0.15) is 5.70 Å². The van der Waals surface area contributed by atoms with Crippen molar-refractivity contribution in [3.8, 4) is 0 Å². The Morgan fingerprint density at radius 2 is 2.23 bits per heavy atom. The molecule has 2 heterocycles. The molecule has 0 radical (unpaired) electrons. The van der Waals surface area contributed by atoms with Crippen LogP contribution in [0.4, 0.5) is 0 Å². The number of carbonyl (C=O) groups is 2. The lowest BCUT2D eigenvalue weighted by Gasteiger charge is -2.11. The lowest BCUT2D eigenvalue weighted by molar-refractivity contribution is -0.118. The van der Waals surface area contributed by atoms with Crippen LogP contribution in [0.15, 0.2) is 46.8 Å². The zero-order valence-electron chi connectivity index (χ0n) is 12.0. The third-order valence-corrected chi connectivity index (χ3v) is 2.72. The zero-order valence-corrected chi connectivity index (χ0v) is 12.0. The van der Waals surface area contributed by atoms with E-state index in [4.69, 9.17) is 4.42 Å². The summed E-state index contributed by atoms with van der Waals surface area (Å²) in [6.45, 7) is 1.63. The molecule has 116 valence electrons. The predicted octanol–water partition coefficient (Wildman–Crippen LogP) is 0.876. The van der Waals surface area contributed by atoms with Crippen molar-refractivity contribution in [3.63, 3.8) is 0 Å². The number of nitrogens with one attached hydrogen (secondary N) is 3. The molecule has 7 heteroatoms. The van der Waals surface area contributed by atoms with Crippen molar-refractivity contribution < 1.29 is 19.1 Å². The summed E-state index contributed by atoms with van der Waals surface area (Å²) in [7, 11) is 0. The van der Waals surface area contributed by atoms with Gasteiger partial charge in [-0.05, 0) is 37.3 Å². The van der Waals surface area contributed by atoms with Crippen LogP contribution in [0.3, 0.4) is 0 Å². The van der Waals surface area contributed by atoms with Crippen LogP contribution >= 0.6 is 0 Å². The monoisotopic (exact) mass is 303 g/mol. The highest BCUT2D eigenvalue weighted by Crippen LogP contribution is 2.06. The zero-order chi connectivity index (χ0) is 15.9. The van der Waals surface area contributed by atoms with Gasteiger partial charge in [0.15, 0.2) is 5.76 Å². The maximum absolute atomic E-state index is 12.1. The summed E-state index contributed by atoms with van der Waals surface area (Å²) in [4.78, 5) is 27.0. The van der Waals surface area contributed by atoms with E-state index in [1.54, 1.807) is 31.3 Å². The van der Waals surface area contributed by atoms with Gasteiger partial charge in [-0.2, -0.15) is 0 Å². The maximum Gasteiger partial charge on any atom is 0.291 e. The Balaban J connectivity index is 2.14. The second kappa shape index (κ2) is 7.28. The molecule has 0 saturated heterocycles. The summed E-state index contributed by atoms with van der Waals surface area (Å²) < 4.78 is 4.99. The number of aromatic nitrogens is 1. The van der Waals surface area contributed by atoms with Crippen LogP contribution < -0.4 is 10.6 Å². The minimum Gasteiger partial charge on any atom is -0.459 e. The Morgan fingerprint density at radius 1 is 1.41 bits per heavy atom. The number of rotatable bonds is 6. The van der Waals surface area contributed by atoms with Gasteiger partial charge in [0, 0.05) is 18.4 Å². The van der Waals surface area contributed by atoms with Crippen LogP contribution in [0.1, 0.15) is 23.2 Å². The summed E-state index contributed by atoms with van der Waals surface area (Å²) in [5, 5.41) is 14.3. The average Bonchev–Trinajstić information content (AvgIpc) is 3.16. The van der Waals surface area contributed by atoms with Crippen molar-refractivity contribution in [2.24, 2.45) is 0 Å². The second-order valence-electron chi connectivity index (χ2n) is 4.67. The van der Waals surface area contributed by atoms with Gasteiger partial charge in [-0.3, -0.25) is 9.59 Å². The highest BCUT2D eigenvalue weighted by atomic mass is 16.3. The third-order valence-electron chi connectivity index (χ3n) is 2.72. The largest absolute Gasteiger partial charge is 0.459 e. The Bertz CT molecular complexity index is 642. The smallest absolute Gasteiger partial charge is 0.291 e. The van der Waals surface area contributed by atoms with Crippen molar-refractivity contribution in [3.05, 3.63) is 53.9 Å². The summed E-state index contributed by atoms with van der Waals surface area (Å²) in [5.41, 5.74) is 0.700. The first-order valence-corrected chi connectivity index (χ1v) is 6.72. The van der Waals surface area contributed by atoms with Gasteiger partial charge >= 0.3 is 0 Å². The predicted molar refractivity (Wildman–Crippen MR) is 79.6 cm³/mol. The lowest BCUT2D eigenvalue weighted by Crippen LogP contribution is -2.37. The standard InChI is InChI=1S/C15H17N3O4/c1-10(19)9-17-14(20)12(8-11-4-2-6-16-11)18-15(21)13-5-3-7-22-13/h2-8,10,16,19H,9H2,1H3,(H,17,20)(H,18,21)/b12-8-/t10-/m1/s1. The molecule has 2 rings (SSSR count). The van der Waals surface area contributed by atoms with E-state index in [1.165, 1.54) is 18.4 Å². The second-order valence-corrected chi connectivity index (χ2v) is 4.67. The molecule has 0 bridgehead atoms. The minimum atomic E-state index is -0.684. The molecule has 22 heavy (non-hydrogen) atoms. The fourth-order valence-corrected chi connectivity index (χ4v) is 1.68. The molecule has 2 aromatic rings. The topological polar surface area (TPSA) is 107 Å². The fourth-order valence-electron chi connectivity index (χ4n) is 1.68. The van der Waals surface area contributed by atoms with Gasteiger partial charge in [-0.1, -0.05) is 0 Å². The van der Waals surface area contributed by atoms with Gasteiger partial charge in [0.05, 0.1) is 12.4 Å². The highest BCUT2D eigenvalue weighted by Gasteiger charge is 2.16. The van der Waals surface area contributed by atoms with Crippen LogP contribution in [-0.4, -0.2) is 34.6 Å². The van der Waals surface area contributed by atoms with Gasteiger partial charge < -0.3 is 25.1 Å². The Kier molecular flexibility index (Phi) is 5.16. The van der Waals surface area contributed by atoms with Gasteiger partial charge in [0.25, 0.3) is 11.8 Å². The minimum absolute atomic E-state index is 0.0458. The Hall–Kier alpha value is -2.80. The molecule has 7 nitrogen and oxygen atoms in total. The molecule has 0 aromatic carbocycles. The van der Waals surface area contributed by atoms with Crippen molar-refractivity contribution in [1.82, 2.24) is 15.6 Å². The molecule has 1 atom stereocenters. The van der Waals surface area contributed by atoms with Crippen LogP contribution in [0.25, 0.3) is 6.08 Å². The Labute approximate surface area is 127 Å². The third kappa shape index (κ3) is 4.35. The fraction of sp³-hybridized carbons (Fsp3) is 0.200. The van der Waals surface area contributed by atoms with E-state index in [-0.39, 0.29) is 18.0 Å². The molecule has 0 fully saturated rings. The number of furan rings is 1. The van der Waals surface area contributed by atoms with Crippen molar-refractivity contribution >= 4 is 17.9 Å².